The monoisotopic (exact) mass is 253 g/mol. The SMILES string of the molecule is CC1=CC(=O)N(CC(CC(C)(C)C)C(=O)O)C1=O. The van der Waals surface area contributed by atoms with Gasteiger partial charge in [0.1, 0.15) is 0 Å². The third kappa shape index (κ3) is 3.42. The van der Waals surface area contributed by atoms with Gasteiger partial charge in [-0.15, -0.1) is 0 Å². The van der Waals surface area contributed by atoms with Gasteiger partial charge in [-0.2, -0.15) is 0 Å². The topological polar surface area (TPSA) is 74.7 Å². The van der Waals surface area contributed by atoms with Gasteiger partial charge in [-0.3, -0.25) is 19.3 Å². The predicted molar refractivity (Wildman–Crippen MR) is 65.7 cm³/mol. The maximum atomic E-state index is 11.7. The molecule has 0 bridgehead atoms. The number of carbonyl (C=O) groups is 3. The Morgan fingerprint density at radius 1 is 1.39 bits per heavy atom. The number of rotatable bonds is 4. The van der Waals surface area contributed by atoms with Crippen molar-refractivity contribution in [2.75, 3.05) is 6.54 Å². The average Bonchev–Trinajstić information content (AvgIpc) is 2.41. The maximum absolute atomic E-state index is 11.7. The lowest BCUT2D eigenvalue weighted by atomic mass is 9.84. The first-order chi connectivity index (χ1) is 8.11. The zero-order chi connectivity index (χ0) is 14.1. The number of carbonyl (C=O) groups excluding carboxylic acids is 2. The van der Waals surface area contributed by atoms with Crippen molar-refractivity contribution in [2.45, 2.75) is 34.1 Å². The zero-order valence-corrected chi connectivity index (χ0v) is 11.2. The normalized spacial score (nSPS) is 18.0. The second kappa shape index (κ2) is 4.92. The summed E-state index contributed by atoms with van der Waals surface area (Å²) in [5.74, 6) is -2.51. The summed E-state index contributed by atoms with van der Waals surface area (Å²) < 4.78 is 0. The number of carboxylic acid groups (broad SMARTS) is 1. The molecule has 5 nitrogen and oxygen atoms in total. The van der Waals surface area contributed by atoms with Gasteiger partial charge in [0.25, 0.3) is 11.8 Å². The standard InChI is InChI=1S/C13H19NO4/c1-8-5-10(15)14(11(8)16)7-9(12(17)18)6-13(2,3)4/h5,9H,6-7H2,1-4H3,(H,17,18). The molecule has 0 fully saturated rings. The van der Waals surface area contributed by atoms with Gasteiger partial charge in [0.2, 0.25) is 0 Å². The number of amides is 2. The lowest BCUT2D eigenvalue weighted by Crippen LogP contribution is -2.39. The Morgan fingerprint density at radius 2 is 1.94 bits per heavy atom. The van der Waals surface area contributed by atoms with Crippen LogP contribution in [0.1, 0.15) is 34.1 Å². The summed E-state index contributed by atoms with van der Waals surface area (Å²) in [4.78, 5) is 35.4. The first kappa shape index (κ1) is 14.4. The minimum absolute atomic E-state index is 0.0574. The number of carboxylic acids is 1. The summed E-state index contributed by atoms with van der Waals surface area (Å²) in [6.45, 7) is 7.29. The molecule has 1 rings (SSSR count). The molecule has 18 heavy (non-hydrogen) atoms. The van der Waals surface area contributed by atoms with Crippen LogP contribution >= 0.6 is 0 Å². The summed E-state index contributed by atoms with van der Waals surface area (Å²) in [7, 11) is 0. The van der Waals surface area contributed by atoms with Gasteiger partial charge in [-0.05, 0) is 18.8 Å². The highest BCUT2D eigenvalue weighted by atomic mass is 16.4. The van der Waals surface area contributed by atoms with Crippen LogP contribution in [0.25, 0.3) is 0 Å². The summed E-state index contributed by atoms with van der Waals surface area (Å²) in [5, 5.41) is 9.17. The molecule has 0 saturated heterocycles. The van der Waals surface area contributed by atoms with E-state index in [-0.39, 0.29) is 17.9 Å². The Balaban J connectivity index is 2.78. The first-order valence-electron chi connectivity index (χ1n) is 5.89. The number of nitrogens with zero attached hydrogens (tertiary/aromatic N) is 1. The van der Waals surface area contributed by atoms with Gasteiger partial charge in [0.05, 0.1) is 5.92 Å². The van der Waals surface area contributed by atoms with Gasteiger partial charge in [-0.1, -0.05) is 20.8 Å². The van der Waals surface area contributed by atoms with E-state index in [9.17, 15) is 14.4 Å². The van der Waals surface area contributed by atoms with Crippen LogP contribution < -0.4 is 0 Å². The molecule has 0 aromatic carbocycles. The van der Waals surface area contributed by atoms with Crippen molar-refractivity contribution >= 4 is 17.8 Å². The fourth-order valence-corrected chi connectivity index (χ4v) is 2.00. The Morgan fingerprint density at radius 3 is 2.28 bits per heavy atom. The Bertz CT molecular complexity index is 417. The summed E-state index contributed by atoms with van der Waals surface area (Å²) in [6, 6.07) is 0. The first-order valence-corrected chi connectivity index (χ1v) is 5.89. The molecule has 0 radical (unpaired) electrons. The predicted octanol–water partition coefficient (Wildman–Crippen LogP) is 1.44. The molecule has 2 amide bonds. The summed E-state index contributed by atoms with van der Waals surface area (Å²) in [5.41, 5.74) is 0.192. The minimum Gasteiger partial charge on any atom is -0.481 e. The second-order valence-electron chi connectivity index (χ2n) is 5.88. The number of aliphatic carboxylic acids is 1. The molecule has 100 valence electrons. The van der Waals surface area contributed by atoms with Gasteiger partial charge >= 0.3 is 5.97 Å². The van der Waals surface area contributed by atoms with E-state index in [2.05, 4.69) is 0 Å². The van der Waals surface area contributed by atoms with E-state index in [4.69, 9.17) is 5.11 Å². The molecular weight excluding hydrogens is 234 g/mol. The highest BCUT2D eigenvalue weighted by Crippen LogP contribution is 2.26. The van der Waals surface area contributed by atoms with Crippen LogP contribution in [0, 0.1) is 11.3 Å². The van der Waals surface area contributed by atoms with Gasteiger partial charge in [0, 0.05) is 18.2 Å². The summed E-state index contributed by atoms with van der Waals surface area (Å²) >= 11 is 0. The number of imide groups is 1. The summed E-state index contributed by atoms with van der Waals surface area (Å²) in [6.07, 6.45) is 1.66. The molecule has 0 aromatic heterocycles. The van der Waals surface area contributed by atoms with Crippen LogP contribution in [0.15, 0.2) is 11.6 Å². The highest BCUT2D eigenvalue weighted by Gasteiger charge is 2.34. The van der Waals surface area contributed by atoms with E-state index in [1.807, 2.05) is 20.8 Å². The number of hydrogen-bond donors (Lipinski definition) is 1. The van der Waals surface area contributed by atoms with E-state index < -0.39 is 17.8 Å². The van der Waals surface area contributed by atoms with Crippen molar-refractivity contribution in [3.05, 3.63) is 11.6 Å². The van der Waals surface area contributed by atoms with E-state index in [1.165, 1.54) is 6.08 Å². The van der Waals surface area contributed by atoms with E-state index in [0.717, 1.165) is 4.90 Å². The Kier molecular flexibility index (Phi) is 3.94. The molecule has 0 saturated carbocycles. The third-order valence-corrected chi connectivity index (χ3v) is 2.80. The van der Waals surface area contributed by atoms with Crippen molar-refractivity contribution < 1.29 is 19.5 Å². The maximum Gasteiger partial charge on any atom is 0.308 e. The van der Waals surface area contributed by atoms with Gasteiger partial charge < -0.3 is 5.11 Å². The van der Waals surface area contributed by atoms with Crippen LogP contribution in [0.2, 0.25) is 0 Å². The van der Waals surface area contributed by atoms with Crippen LogP contribution in [0.4, 0.5) is 0 Å². The molecule has 1 aliphatic heterocycles. The fraction of sp³-hybridized carbons (Fsp3) is 0.615. The number of hydrogen-bond acceptors (Lipinski definition) is 3. The smallest absolute Gasteiger partial charge is 0.308 e. The van der Waals surface area contributed by atoms with Crippen molar-refractivity contribution in [3.63, 3.8) is 0 Å². The Hall–Kier alpha value is -1.65. The molecule has 1 aliphatic rings. The van der Waals surface area contributed by atoms with Crippen molar-refractivity contribution in [1.82, 2.24) is 4.90 Å². The van der Waals surface area contributed by atoms with E-state index >= 15 is 0 Å². The zero-order valence-electron chi connectivity index (χ0n) is 11.2. The highest BCUT2D eigenvalue weighted by molar-refractivity contribution is 6.16. The third-order valence-electron chi connectivity index (χ3n) is 2.80. The van der Waals surface area contributed by atoms with Crippen molar-refractivity contribution in [2.24, 2.45) is 11.3 Å². The largest absolute Gasteiger partial charge is 0.481 e. The van der Waals surface area contributed by atoms with Crippen molar-refractivity contribution in [3.8, 4) is 0 Å². The van der Waals surface area contributed by atoms with Crippen LogP contribution in [-0.2, 0) is 14.4 Å². The lowest BCUT2D eigenvalue weighted by Gasteiger charge is -2.26. The molecular formula is C13H19NO4. The molecule has 5 heteroatoms. The lowest BCUT2D eigenvalue weighted by molar-refractivity contribution is -0.146. The molecule has 0 aromatic rings. The second-order valence-corrected chi connectivity index (χ2v) is 5.88. The molecule has 0 aliphatic carbocycles. The molecule has 1 atom stereocenters. The van der Waals surface area contributed by atoms with Crippen LogP contribution in [-0.4, -0.2) is 34.3 Å². The molecule has 1 unspecified atom stereocenters. The fourth-order valence-electron chi connectivity index (χ4n) is 2.00. The van der Waals surface area contributed by atoms with E-state index in [0.29, 0.717) is 12.0 Å². The molecule has 1 heterocycles. The molecule has 1 N–H and O–H groups in total. The average molecular weight is 253 g/mol. The van der Waals surface area contributed by atoms with Crippen LogP contribution in [0.5, 0.6) is 0 Å². The Labute approximate surface area is 106 Å². The van der Waals surface area contributed by atoms with Gasteiger partial charge in [-0.25, -0.2) is 0 Å². The van der Waals surface area contributed by atoms with Gasteiger partial charge in [0.15, 0.2) is 0 Å². The minimum atomic E-state index is -0.977. The van der Waals surface area contributed by atoms with Crippen molar-refractivity contribution in [1.29, 1.82) is 0 Å². The quantitative estimate of drug-likeness (QED) is 0.769. The molecule has 0 spiro atoms. The van der Waals surface area contributed by atoms with Crippen LogP contribution in [0.3, 0.4) is 0 Å². The van der Waals surface area contributed by atoms with E-state index in [1.54, 1.807) is 6.92 Å².